The molecule has 2 atom stereocenters. The highest BCUT2D eigenvalue weighted by molar-refractivity contribution is 5.98. The van der Waals surface area contributed by atoms with Crippen LogP contribution in [0.4, 0.5) is 23.2 Å². The Labute approximate surface area is 146 Å². The Bertz CT molecular complexity index is 776. The van der Waals surface area contributed by atoms with E-state index >= 15 is 0 Å². The molecule has 0 radical (unpaired) electrons. The number of carbonyl (C=O) groups excluding carboxylic acids is 2. The second-order valence-electron chi connectivity index (χ2n) is 5.37. The maximum Gasteiger partial charge on any atom is 0.330 e. The van der Waals surface area contributed by atoms with Crippen LogP contribution in [0.2, 0.25) is 0 Å². The van der Waals surface area contributed by atoms with Crippen molar-refractivity contribution in [3.8, 4) is 0 Å². The first-order chi connectivity index (χ1) is 12.3. The van der Waals surface area contributed by atoms with E-state index in [4.69, 9.17) is 0 Å². The summed E-state index contributed by atoms with van der Waals surface area (Å²) in [5, 5.41) is 1.95. The van der Waals surface area contributed by atoms with Crippen molar-refractivity contribution < 1.29 is 31.9 Å². The molecule has 0 aromatic heterocycles. The van der Waals surface area contributed by atoms with Gasteiger partial charge in [0.25, 0.3) is 5.79 Å². The van der Waals surface area contributed by atoms with E-state index in [0.29, 0.717) is 6.08 Å². The Hall–Kier alpha value is -2.90. The molecule has 2 rings (SSSR count). The lowest BCUT2D eigenvalue weighted by molar-refractivity contribution is -0.138. The smallest absolute Gasteiger partial charge is 0.330 e. The maximum absolute atomic E-state index is 15.0. The molecule has 1 aromatic rings. The number of esters is 1. The highest BCUT2D eigenvalue weighted by Gasteiger charge is 2.52. The standard InChI is InChI=1S/C18H15F4NO3/c1-2-15(25)26-9-8-14(24)12-10-13(19)17(21)18(22,16(12)20)23-11-6-4-3-5-7-11/h2-7,10,16,23H,1,8-9H2. The number of alkyl halides is 2. The van der Waals surface area contributed by atoms with Crippen LogP contribution >= 0.6 is 0 Å². The summed E-state index contributed by atoms with van der Waals surface area (Å²) in [6, 6.07) is 7.21. The van der Waals surface area contributed by atoms with Gasteiger partial charge in [0.05, 0.1) is 6.61 Å². The fraction of sp³-hybridized carbons (Fsp3) is 0.222. The second kappa shape index (κ2) is 7.99. The van der Waals surface area contributed by atoms with Crippen LogP contribution in [0.15, 0.2) is 66.3 Å². The van der Waals surface area contributed by atoms with Gasteiger partial charge in [0.1, 0.15) is 0 Å². The topological polar surface area (TPSA) is 55.4 Å². The zero-order chi connectivity index (χ0) is 19.3. The summed E-state index contributed by atoms with van der Waals surface area (Å²) in [6.45, 7) is 2.71. The zero-order valence-corrected chi connectivity index (χ0v) is 13.5. The summed E-state index contributed by atoms with van der Waals surface area (Å²) in [6.07, 6.45) is -2.16. The van der Waals surface area contributed by atoms with Crippen molar-refractivity contribution in [1.82, 2.24) is 0 Å². The van der Waals surface area contributed by atoms with E-state index in [9.17, 15) is 27.2 Å². The Kier molecular flexibility index (Phi) is 5.97. The van der Waals surface area contributed by atoms with Crippen molar-refractivity contribution in [3.63, 3.8) is 0 Å². The molecule has 2 unspecified atom stereocenters. The Balaban J connectivity index is 2.21. The molecule has 1 aromatic carbocycles. The average Bonchev–Trinajstić information content (AvgIpc) is 2.63. The molecule has 0 fully saturated rings. The monoisotopic (exact) mass is 369 g/mol. The van der Waals surface area contributed by atoms with E-state index in [-0.39, 0.29) is 5.69 Å². The van der Waals surface area contributed by atoms with Gasteiger partial charge in [-0.2, -0.15) is 0 Å². The van der Waals surface area contributed by atoms with Gasteiger partial charge in [0.15, 0.2) is 23.6 Å². The van der Waals surface area contributed by atoms with E-state index < -0.39 is 54.0 Å². The average molecular weight is 369 g/mol. The number of benzene rings is 1. The van der Waals surface area contributed by atoms with Crippen LogP contribution in [-0.2, 0) is 14.3 Å². The molecule has 0 amide bonds. The molecule has 138 valence electrons. The van der Waals surface area contributed by atoms with Crippen LogP contribution in [0.5, 0.6) is 0 Å². The number of ether oxygens (including phenoxy) is 1. The third-order valence-electron chi connectivity index (χ3n) is 3.60. The quantitative estimate of drug-likeness (QED) is 0.343. The van der Waals surface area contributed by atoms with Gasteiger partial charge in [-0.15, -0.1) is 0 Å². The molecule has 0 heterocycles. The number of ketones is 1. The van der Waals surface area contributed by atoms with Gasteiger partial charge >= 0.3 is 5.97 Å². The normalized spacial score (nSPS) is 22.5. The molecule has 0 saturated carbocycles. The number of hydrogen-bond acceptors (Lipinski definition) is 4. The van der Waals surface area contributed by atoms with E-state index in [2.05, 4.69) is 11.3 Å². The number of carbonyl (C=O) groups is 2. The van der Waals surface area contributed by atoms with Gasteiger partial charge in [-0.1, -0.05) is 24.8 Å². The lowest BCUT2D eigenvalue weighted by atomic mass is 9.90. The SMILES string of the molecule is C=CC(=O)OCCC(=O)C1=CC(F)=C(F)C(F)(Nc2ccccc2)C1F. The minimum absolute atomic E-state index is 0.00536. The number of hydrogen-bond donors (Lipinski definition) is 1. The zero-order valence-electron chi connectivity index (χ0n) is 13.5. The van der Waals surface area contributed by atoms with Gasteiger partial charge in [0, 0.05) is 23.8 Å². The van der Waals surface area contributed by atoms with Crippen LogP contribution in [-0.4, -0.2) is 30.3 Å². The van der Waals surface area contributed by atoms with Gasteiger partial charge in [-0.3, -0.25) is 4.79 Å². The predicted octanol–water partition coefficient (Wildman–Crippen LogP) is 3.88. The molecule has 4 nitrogen and oxygen atoms in total. The van der Waals surface area contributed by atoms with Gasteiger partial charge in [-0.05, 0) is 18.2 Å². The maximum atomic E-state index is 15.0. The van der Waals surface area contributed by atoms with E-state index in [1.807, 2.05) is 5.32 Å². The predicted molar refractivity (Wildman–Crippen MR) is 86.9 cm³/mol. The Morgan fingerprint density at radius 3 is 2.54 bits per heavy atom. The first-order valence-corrected chi connectivity index (χ1v) is 7.55. The Morgan fingerprint density at radius 1 is 1.27 bits per heavy atom. The van der Waals surface area contributed by atoms with Crippen LogP contribution < -0.4 is 5.32 Å². The van der Waals surface area contributed by atoms with Crippen molar-refractivity contribution >= 4 is 17.4 Å². The Morgan fingerprint density at radius 2 is 1.92 bits per heavy atom. The molecule has 26 heavy (non-hydrogen) atoms. The van der Waals surface area contributed by atoms with Crippen molar-refractivity contribution in [2.24, 2.45) is 0 Å². The number of rotatable bonds is 7. The van der Waals surface area contributed by atoms with E-state index in [1.54, 1.807) is 6.07 Å². The largest absolute Gasteiger partial charge is 0.462 e. The minimum Gasteiger partial charge on any atom is -0.462 e. The first-order valence-electron chi connectivity index (χ1n) is 7.55. The molecule has 0 saturated heterocycles. The summed E-state index contributed by atoms with van der Waals surface area (Å²) < 4.78 is 61.9. The molecule has 0 spiro atoms. The summed E-state index contributed by atoms with van der Waals surface area (Å²) >= 11 is 0. The number of allylic oxidation sites excluding steroid dienone is 2. The molecule has 1 aliphatic rings. The first kappa shape index (κ1) is 19.4. The fourth-order valence-electron chi connectivity index (χ4n) is 2.29. The molecule has 0 bridgehead atoms. The van der Waals surface area contributed by atoms with Crippen molar-refractivity contribution in [2.75, 3.05) is 11.9 Å². The lowest BCUT2D eigenvalue weighted by Gasteiger charge is -2.32. The molecule has 1 aliphatic carbocycles. The molecule has 1 N–H and O–H groups in total. The molecule has 8 heteroatoms. The third-order valence-corrected chi connectivity index (χ3v) is 3.60. The molecule has 0 aliphatic heterocycles. The highest BCUT2D eigenvalue weighted by Crippen LogP contribution is 2.41. The van der Waals surface area contributed by atoms with Crippen molar-refractivity contribution in [3.05, 3.63) is 66.3 Å². The van der Waals surface area contributed by atoms with E-state index in [0.717, 1.165) is 6.08 Å². The van der Waals surface area contributed by atoms with Crippen LogP contribution in [0.3, 0.4) is 0 Å². The summed E-state index contributed by atoms with van der Waals surface area (Å²) in [5.41, 5.74) is -0.904. The number of para-hydroxylation sites is 1. The second-order valence-corrected chi connectivity index (χ2v) is 5.37. The van der Waals surface area contributed by atoms with Crippen LogP contribution in [0.25, 0.3) is 0 Å². The summed E-state index contributed by atoms with van der Waals surface area (Å²) in [5.74, 6) is -9.10. The molecular weight excluding hydrogens is 354 g/mol. The third kappa shape index (κ3) is 4.01. The van der Waals surface area contributed by atoms with Crippen LogP contribution in [0, 0.1) is 0 Å². The number of Topliss-reactive ketones (excluding diaryl/α,β-unsaturated/α-hetero) is 1. The van der Waals surface area contributed by atoms with Gasteiger partial charge in [-0.25, -0.2) is 22.4 Å². The highest BCUT2D eigenvalue weighted by atomic mass is 19.2. The van der Waals surface area contributed by atoms with Crippen LogP contribution in [0.1, 0.15) is 6.42 Å². The molecular formula is C18H15F4NO3. The summed E-state index contributed by atoms with van der Waals surface area (Å²) in [7, 11) is 0. The van der Waals surface area contributed by atoms with Crippen molar-refractivity contribution in [1.29, 1.82) is 0 Å². The van der Waals surface area contributed by atoms with E-state index in [1.165, 1.54) is 24.3 Å². The number of halogens is 4. The van der Waals surface area contributed by atoms with Gasteiger partial charge in [0.2, 0.25) is 0 Å². The van der Waals surface area contributed by atoms with Gasteiger partial charge < -0.3 is 10.1 Å². The number of nitrogens with one attached hydrogen (secondary N) is 1. The lowest BCUT2D eigenvalue weighted by Crippen LogP contribution is -2.48. The minimum atomic E-state index is -3.58. The van der Waals surface area contributed by atoms with Crippen molar-refractivity contribution in [2.45, 2.75) is 18.4 Å². The number of anilines is 1. The fourth-order valence-corrected chi connectivity index (χ4v) is 2.29. The summed E-state index contributed by atoms with van der Waals surface area (Å²) in [4.78, 5) is 22.9.